The maximum atomic E-state index is 17.7. The monoisotopic (exact) mass is 771 g/mol. The van der Waals surface area contributed by atoms with Gasteiger partial charge in [-0.3, -0.25) is 14.4 Å². The van der Waals surface area contributed by atoms with Crippen LogP contribution in [0.5, 0.6) is 0 Å². The van der Waals surface area contributed by atoms with E-state index < -0.39 is 101 Å². The van der Waals surface area contributed by atoms with Gasteiger partial charge in [0.25, 0.3) is 0 Å². The second-order valence-electron chi connectivity index (χ2n) is 15.9. The molecule has 14 nitrogen and oxygen atoms in total. The molecule has 1 unspecified atom stereocenters. The van der Waals surface area contributed by atoms with Crippen molar-refractivity contribution >= 4 is 35.3 Å². The summed E-state index contributed by atoms with van der Waals surface area (Å²) < 4.78 is 51.8. The number of Topliss-reactive ketones (excluding diaryl/α,β-unsaturated/α-hetero) is 1. The number of rotatable bonds is 13. The molecule has 6 rings (SSSR count). The van der Waals surface area contributed by atoms with E-state index >= 15 is 8.78 Å². The van der Waals surface area contributed by atoms with Crippen molar-refractivity contribution in [3.8, 4) is 0 Å². The lowest BCUT2D eigenvalue weighted by Crippen LogP contribution is -2.71. The number of alkyl carbamates (subject to hydrolysis) is 1. The molecule has 4 aliphatic carbocycles. The summed E-state index contributed by atoms with van der Waals surface area (Å²) in [5, 5.41) is 19.4. The van der Waals surface area contributed by atoms with Crippen LogP contribution in [0.4, 0.5) is 24.1 Å². The van der Waals surface area contributed by atoms with Crippen LogP contribution in [0, 0.1) is 22.7 Å². The molecule has 0 bridgehead atoms. The number of aliphatic hydroxyl groups is 1. The second-order valence-corrected chi connectivity index (χ2v) is 15.9. The highest BCUT2D eigenvalue weighted by molar-refractivity contribution is 6.01. The average molecular weight is 772 g/mol. The molecule has 0 aromatic heterocycles. The summed E-state index contributed by atoms with van der Waals surface area (Å²) in [6.07, 6.45) is -0.366. The molecule has 1 aliphatic heterocycles. The highest BCUT2D eigenvalue weighted by Gasteiger charge is 2.80. The standard InChI is InChI=1S/C39H51F2N5O9/c1-4-6-32-54-31-17-24-25-16-27(40)26-15-23(47)12-13-36(26,2)38(25,41)29(48)18-37(24,3)39(31,55-32)30(49)19-45-35(52)53-20-21-8-10-22(11-9-21)46-33(50)28(42)7-5-14-44-34(43)51/h8-13,15,24-25,27-29,31-32,48H,4-7,14,16-20,42H2,1-3H3,(H,45,52)(H,46,50)(H3,43,44,51)/t24-,25-,27-,28-,29-,31+,32?,36-,37-,38-,39+/m0/s1. The van der Waals surface area contributed by atoms with Gasteiger partial charge in [-0.1, -0.05) is 38.5 Å². The summed E-state index contributed by atoms with van der Waals surface area (Å²) in [4.78, 5) is 62.7. The predicted molar refractivity (Wildman–Crippen MR) is 194 cm³/mol. The van der Waals surface area contributed by atoms with Gasteiger partial charge >= 0.3 is 12.1 Å². The molecular weight excluding hydrogens is 720 g/mol. The number of primary amides is 1. The zero-order valence-electron chi connectivity index (χ0n) is 31.3. The van der Waals surface area contributed by atoms with Crippen LogP contribution in [-0.2, 0) is 35.2 Å². The molecule has 300 valence electrons. The van der Waals surface area contributed by atoms with Gasteiger partial charge < -0.3 is 46.7 Å². The number of allylic oxidation sites excluding steroid dienone is 4. The van der Waals surface area contributed by atoms with Crippen LogP contribution in [0.3, 0.4) is 0 Å². The average Bonchev–Trinajstić information content (AvgIpc) is 3.62. The lowest BCUT2D eigenvalue weighted by molar-refractivity contribution is -0.233. The number of alkyl halides is 2. The molecular formula is C39H51F2N5O9. The van der Waals surface area contributed by atoms with Crippen molar-refractivity contribution < 1.29 is 52.1 Å². The van der Waals surface area contributed by atoms with Crippen LogP contribution in [0.2, 0.25) is 0 Å². The predicted octanol–water partition coefficient (Wildman–Crippen LogP) is 3.41. The summed E-state index contributed by atoms with van der Waals surface area (Å²) in [6.45, 7) is 4.85. The third kappa shape index (κ3) is 6.95. The topological polar surface area (TPSA) is 221 Å². The maximum Gasteiger partial charge on any atom is 0.407 e. The molecule has 1 saturated heterocycles. The number of nitrogens with one attached hydrogen (secondary N) is 3. The Hall–Kier alpha value is -4.25. The van der Waals surface area contributed by atoms with E-state index in [-0.39, 0.29) is 31.4 Å². The number of fused-ring (bicyclic) bond motifs is 7. The van der Waals surface area contributed by atoms with Crippen molar-refractivity contribution in [1.82, 2.24) is 10.6 Å². The Balaban J connectivity index is 1.10. The molecule has 1 aromatic carbocycles. The van der Waals surface area contributed by atoms with Gasteiger partial charge in [-0.25, -0.2) is 18.4 Å². The number of hydrogen-bond acceptors (Lipinski definition) is 10. The molecule has 5 aliphatic rings. The fraction of sp³-hybridized carbons (Fsp3) is 0.615. The van der Waals surface area contributed by atoms with Crippen molar-refractivity contribution in [3.05, 3.63) is 53.6 Å². The van der Waals surface area contributed by atoms with E-state index in [0.717, 1.165) is 6.08 Å². The van der Waals surface area contributed by atoms with E-state index in [1.165, 1.54) is 19.1 Å². The number of hydrogen-bond donors (Lipinski definition) is 6. The van der Waals surface area contributed by atoms with Crippen LogP contribution in [0.25, 0.3) is 0 Å². The number of carbonyl (C=O) groups is 5. The first-order valence-electron chi connectivity index (χ1n) is 18.9. The van der Waals surface area contributed by atoms with Crippen molar-refractivity contribution in [2.45, 2.75) is 114 Å². The van der Waals surface area contributed by atoms with E-state index in [0.29, 0.717) is 43.5 Å². The number of anilines is 1. The molecule has 0 spiro atoms. The smallest absolute Gasteiger partial charge is 0.407 e. The van der Waals surface area contributed by atoms with E-state index in [2.05, 4.69) is 16.0 Å². The minimum atomic E-state index is -2.33. The first kappa shape index (κ1) is 40.4. The van der Waals surface area contributed by atoms with Crippen molar-refractivity contribution in [1.29, 1.82) is 0 Å². The van der Waals surface area contributed by atoms with Crippen LogP contribution >= 0.6 is 0 Å². The Bertz CT molecular complexity index is 1760. The summed E-state index contributed by atoms with van der Waals surface area (Å²) in [7, 11) is 0. The summed E-state index contributed by atoms with van der Waals surface area (Å²) in [5.41, 5.74) is 5.25. The molecule has 1 heterocycles. The maximum absolute atomic E-state index is 17.7. The Kier molecular flexibility index (Phi) is 11.3. The molecule has 0 radical (unpaired) electrons. The lowest BCUT2D eigenvalue weighted by Gasteiger charge is -2.63. The molecule has 16 heteroatoms. The zero-order valence-corrected chi connectivity index (χ0v) is 31.3. The van der Waals surface area contributed by atoms with Crippen molar-refractivity contribution in [3.63, 3.8) is 0 Å². The SMILES string of the molecule is CCCC1O[C@@H]2C[C@H]3[C@@H]4C[C@H](F)C5=CC(=O)C=C[C@]5(C)[C@@]4(F)[C@@H](O)C[C@]3(C)[C@]2(C(=O)CNC(=O)OCc2ccc(NC(=O)[C@@H](N)CCCNC(N)=O)cc2)O1. The number of aliphatic hydroxyl groups excluding tert-OH is 1. The fourth-order valence-corrected chi connectivity index (χ4v) is 9.95. The van der Waals surface area contributed by atoms with Crippen molar-refractivity contribution in [2.75, 3.05) is 18.4 Å². The lowest BCUT2D eigenvalue weighted by atomic mass is 9.44. The van der Waals surface area contributed by atoms with Gasteiger partial charge in [-0.05, 0) is 86.8 Å². The summed E-state index contributed by atoms with van der Waals surface area (Å²) in [5.74, 6) is -3.05. The Morgan fingerprint density at radius 2 is 1.84 bits per heavy atom. The second kappa shape index (κ2) is 15.4. The highest BCUT2D eigenvalue weighted by Crippen LogP contribution is 2.72. The number of carbonyl (C=O) groups excluding carboxylic acids is 5. The number of ketones is 2. The summed E-state index contributed by atoms with van der Waals surface area (Å²) in [6, 6.07) is 5.06. The first-order valence-corrected chi connectivity index (χ1v) is 18.9. The number of halogens is 2. The van der Waals surface area contributed by atoms with Gasteiger partial charge in [-0.15, -0.1) is 0 Å². The number of amides is 4. The normalized spacial score (nSPS) is 36.3. The van der Waals surface area contributed by atoms with Crippen LogP contribution in [-0.4, -0.2) is 89.8 Å². The number of ether oxygens (including phenoxy) is 3. The van der Waals surface area contributed by atoms with Crippen molar-refractivity contribution in [2.24, 2.45) is 34.1 Å². The summed E-state index contributed by atoms with van der Waals surface area (Å²) >= 11 is 0. The fourth-order valence-electron chi connectivity index (χ4n) is 9.95. The van der Waals surface area contributed by atoms with Gasteiger partial charge in [-0.2, -0.15) is 0 Å². The van der Waals surface area contributed by atoms with Crippen LogP contribution in [0.15, 0.2) is 48.1 Å². The number of nitrogens with two attached hydrogens (primary N) is 2. The number of benzene rings is 1. The van der Waals surface area contributed by atoms with E-state index in [1.807, 2.05) is 6.92 Å². The molecule has 4 fully saturated rings. The van der Waals surface area contributed by atoms with Gasteiger partial charge in [0.05, 0.1) is 24.8 Å². The largest absolute Gasteiger partial charge is 0.445 e. The zero-order chi connectivity index (χ0) is 39.9. The van der Waals surface area contributed by atoms with E-state index in [1.54, 1.807) is 31.2 Å². The third-order valence-electron chi connectivity index (χ3n) is 12.7. The van der Waals surface area contributed by atoms with Gasteiger partial charge in [0.1, 0.15) is 12.8 Å². The van der Waals surface area contributed by atoms with Gasteiger partial charge in [0, 0.05) is 29.0 Å². The van der Waals surface area contributed by atoms with E-state index in [4.69, 9.17) is 25.7 Å². The Labute approximate surface area is 318 Å². The molecule has 1 aromatic rings. The van der Waals surface area contributed by atoms with E-state index in [9.17, 15) is 29.1 Å². The van der Waals surface area contributed by atoms with Crippen LogP contribution in [0.1, 0.15) is 71.3 Å². The molecule has 3 saturated carbocycles. The molecule has 55 heavy (non-hydrogen) atoms. The Morgan fingerprint density at radius 1 is 1.11 bits per heavy atom. The minimum absolute atomic E-state index is 0.00988. The quantitative estimate of drug-likeness (QED) is 0.161. The van der Waals surface area contributed by atoms with Gasteiger partial charge in [0.2, 0.25) is 5.91 Å². The minimum Gasteiger partial charge on any atom is -0.445 e. The molecule has 11 atom stereocenters. The molecule has 8 N–H and O–H groups in total. The first-order chi connectivity index (χ1) is 26.0. The Morgan fingerprint density at radius 3 is 2.53 bits per heavy atom. The molecule has 4 amide bonds. The number of urea groups is 1. The highest BCUT2D eigenvalue weighted by atomic mass is 19.1. The van der Waals surface area contributed by atoms with Gasteiger partial charge in [0.15, 0.2) is 29.1 Å². The van der Waals surface area contributed by atoms with Crippen LogP contribution < -0.4 is 27.4 Å². The third-order valence-corrected chi connectivity index (χ3v) is 12.7.